The molecule has 10 heteroatoms. The average molecular weight is 735 g/mol. The van der Waals surface area contributed by atoms with Crippen molar-refractivity contribution in [2.24, 2.45) is 63.6 Å². The van der Waals surface area contributed by atoms with Gasteiger partial charge < -0.3 is 45.7 Å². The van der Waals surface area contributed by atoms with Crippen LogP contribution in [0.1, 0.15) is 90.4 Å². The van der Waals surface area contributed by atoms with E-state index in [0.29, 0.717) is 62.6 Å². The van der Waals surface area contributed by atoms with Gasteiger partial charge in [0, 0.05) is 48.4 Å². The number of aldehydes is 1. The van der Waals surface area contributed by atoms with Gasteiger partial charge in [0.15, 0.2) is 0 Å². The second-order valence-corrected chi connectivity index (χ2v) is 19.4. The van der Waals surface area contributed by atoms with Crippen molar-refractivity contribution in [3.63, 3.8) is 0 Å². The predicted molar refractivity (Wildman–Crippen MR) is 197 cm³/mol. The number of fused-ring (bicyclic) bond motifs is 9. The molecule has 0 saturated heterocycles. The van der Waals surface area contributed by atoms with Crippen LogP contribution in [-0.2, 0) is 14.3 Å². The van der Waals surface area contributed by atoms with Gasteiger partial charge >= 0.3 is 5.97 Å². The fraction of sp³-hybridized carbons (Fsp3) is 0.814. The van der Waals surface area contributed by atoms with Gasteiger partial charge in [-0.2, -0.15) is 0 Å². The summed E-state index contributed by atoms with van der Waals surface area (Å²) in [5.74, 6) is -1.13. The number of likely N-dealkylation sites (N-methyl/N-ethyl adjacent to an activating group) is 1. The molecule has 9 aliphatic rings. The zero-order chi connectivity index (χ0) is 37.2. The minimum Gasteiger partial charge on any atom is -0.450 e. The lowest BCUT2D eigenvalue weighted by atomic mass is 9.35. The molecule has 53 heavy (non-hydrogen) atoms. The summed E-state index contributed by atoms with van der Waals surface area (Å²) < 4.78 is 5.94. The Morgan fingerprint density at radius 2 is 1.81 bits per heavy atom. The van der Waals surface area contributed by atoms with Crippen molar-refractivity contribution in [2.45, 2.75) is 119 Å². The molecular weight excluding hydrogens is 672 g/mol. The molecule has 0 amide bonds. The highest BCUT2D eigenvalue weighted by Crippen LogP contribution is 2.79. The van der Waals surface area contributed by atoms with Crippen LogP contribution in [0.25, 0.3) is 0 Å². The molecule has 1 heterocycles. The van der Waals surface area contributed by atoms with E-state index in [0.717, 1.165) is 24.8 Å². The number of hydrogen-bond donors (Lipinski definition) is 7. The summed E-state index contributed by atoms with van der Waals surface area (Å²) in [4.78, 5) is 27.1. The summed E-state index contributed by atoms with van der Waals surface area (Å²) in [6, 6.07) is 0. The standard InChI is InChI=1S/C43H62N2O8/c1-38-12-11-35-39(23-46)13-10-34(48)32-17-26-8-5-9-30(25-6-3-4-7-25)31(26)18-29(43(32,39)52)20-41(35,50)42(38,51)21-28-16-27(22-45-15-14-44-2)37-33(19-36(49)53-37)40(28,38)24-47/h5,8,16,19,23,25-26,28-32,34-35,37,44-45,47-48,50-52H,3-4,6-7,9-15,17-18,20-22,24H2,1-2H3/t26-,28+,29-,30-,31+,32-,34+,35-,37+,38-,39+,40-,41+,42-,43+/m1/s1. The molecule has 0 spiro atoms. The van der Waals surface area contributed by atoms with Crippen LogP contribution in [0.4, 0.5) is 0 Å². The smallest absolute Gasteiger partial charge is 0.331 e. The van der Waals surface area contributed by atoms with Crippen molar-refractivity contribution < 1.29 is 39.9 Å². The van der Waals surface area contributed by atoms with Crippen LogP contribution in [0.5, 0.6) is 0 Å². The first-order chi connectivity index (χ1) is 25.4. The maximum atomic E-state index is 14.0. The van der Waals surface area contributed by atoms with Gasteiger partial charge in [-0.3, -0.25) is 0 Å². The summed E-state index contributed by atoms with van der Waals surface area (Å²) in [6.07, 6.45) is 16.5. The first-order valence-electron chi connectivity index (χ1n) is 21.0. The van der Waals surface area contributed by atoms with Gasteiger partial charge in [0.05, 0.1) is 29.3 Å². The summed E-state index contributed by atoms with van der Waals surface area (Å²) >= 11 is 0. The monoisotopic (exact) mass is 734 g/mol. The Balaban J connectivity index is 1.17. The first-order valence-corrected chi connectivity index (χ1v) is 21.0. The van der Waals surface area contributed by atoms with Crippen LogP contribution < -0.4 is 10.6 Å². The predicted octanol–water partition coefficient (Wildman–Crippen LogP) is 2.96. The largest absolute Gasteiger partial charge is 0.450 e. The molecule has 0 aromatic carbocycles. The Kier molecular flexibility index (Phi) is 8.68. The quantitative estimate of drug-likeness (QED) is 0.0853. The van der Waals surface area contributed by atoms with Crippen molar-refractivity contribution in [1.29, 1.82) is 0 Å². The molecule has 15 atom stereocenters. The number of aliphatic hydroxyl groups is 5. The van der Waals surface area contributed by atoms with Gasteiger partial charge in [-0.1, -0.05) is 50.8 Å². The number of allylic oxidation sites excluding steroid dienone is 3. The fourth-order valence-corrected chi connectivity index (χ4v) is 15.8. The van der Waals surface area contributed by atoms with E-state index in [-0.39, 0.29) is 37.7 Å². The van der Waals surface area contributed by atoms with Crippen molar-refractivity contribution in [3.8, 4) is 0 Å². The zero-order valence-electron chi connectivity index (χ0n) is 31.6. The highest BCUT2D eigenvalue weighted by Gasteiger charge is 2.84. The van der Waals surface area contributed by atoms with E-state index >= 15 is 0 Å². The maximum Gasteiger partial charge on any atom is 0.331 e. The summed E-state index contributed by atoms with van der Waals surface area (Å²) in [7, 11) is 1.89. The van der Waals surface area contributed by atoms with E-state index in [4.69, 9.17) is 4.74 Å². The first kappa shape index (κ1) is 36.7. The van der Waals surface area contributed by atoms with E-state index in [1.807, 2.05) is 14.0 Å². The topological polar surface area (TPSA) is 169 Å². The van der Waals surface area contributed by atoms with Crippen LogP contribution in [-0.4, -0.2) is 100 Å². The van der Waals surface area contributed by atoms with Crippen LogP contribution >= 0.6 is 0 Å². The molecule has 9 rings (SSSR count). The third kappa shape index (κ3) is 4.46. The van der Waals surface area contributed by atoms with E-state index in [2.05, 4.69) is 28.9 Å². The lowest BCUT2D eigenvalue weighted by Gasteiger charge is -2.72. The summed E-state index contributed by atoms with van der Waals surface area (Å²) in [5, 5.41) is 70.9. The number of hydrogen-bond acceptors (Lipinski definition) is 10. The fourth-order valence-electron chi connectivity index (χ4n) is 15.8. The molecule has 6 fully saturated rings. The Bertz CT molecular complexity index is 1610. The van der Waals surface area contributed by atoms with Crippen LogP contribution in [0, 0.1) is 63.6 Å². The Labute approximate surface area is 313 Å². The molecule has 7 N–H and O–H groups in total. The SMILES string of the molecule is CNCCNCC1=C[C@H]2C[C@@]3(O)[C@](C)(CC[C@H]4[C@@]3(O)C[C@H]3C[C@H]5[C@H](C=CC[C@@H]5C5CCCC5)C[C@@H]5[C@@H](O)CC[C@@]4(C=O)[C@]35O)[C@@]2(CO)C2=CC(=O)O[C@@H]12. The van der Waals surface area contributed by atoms with Gasteiger partial charge in [0.25, 0.3) is 0 Å². The molecule has 0 radical (unpaired) electrons. The van der Waals surface area contributed by atoms with E-state index in [9.17, 15) is 35.1 Å². The minimum atomic E-state index is -1.77. The number of rotatable bonds is 8. The van der Waals surface area contributed by atoms with E-state index in [1.165, 1.54) is 31.8 Å². The molecule has 0 unspecified atom stereocenters. The lowest BCUT2D eigenvalue weighted by molar-refractivity contribution is -0.345. The lowest BCUT2D eigenvalue weighted by Crippen LogP contribution is -2.81. The number of nitrogens with one attached hydrogen (secondary N) is 2. The molecule has 6 saturated carbocycles. The highest BCUT2D eigenvalue weighted by atomic mass is 16.5. The number of esters is 1. The maximum absolute atomic E-state index is 14.0. The van der Waals surface area contributed by atoms with Crippen molar-refractivity contribution >= 4 is 12.3 Å². The second-order valence-electron chi connectivity index (χ2n) is 19.4. The van der Waals surface area contributed by atoms with Crippen LogP contribution in [0.3, 0.4) is 0 Å². The number of carbonyl (C=O) groups is 2. The van der Waals surface area contributed by atoms with Gasteiger partial charge in [0.2, 0.25) is 0 Å². The van der Waals surface area contributed by atoms with Gasteiger partial charge in [-0.15, -0.1) is 0 Å². The van der Waals surface area contributed by atoms with Gasteiger partial charge in [0.1, 0.15) is 18.0 Å². The van der Waals surface area contributed by atoms with Crippen molar-refractivity contribution in [2.75, 3.05) is 33.3 Å². The van der Waals surface area contributed by atoms with E-state index < -0.39 is 74.9 Å². The molecule has 0 aromatic heterocycles. The third-order valence-corrected chi connectivity index (χ3v) is 18.1. The van der Waals surface area contributed by atoms with Crippen LogP contribution in [0.2, 0.25) is 0 Å². The van der Waals surface area contributed by atoms with Gasteiger partial charge in [-0.25, -0.2) is 4.79 Å². The molecule has 1 aliphatic heterocycles. The Morgan fingerprint density at radius 3 is 2.55 bits per heavy atom. The van der Waals surface area contributed by atoms with Gasteiger partial charge in [-0.05, 0) is 111 Å². The minimum absolute atomic E-state index is 0.123. The average Bonchev–Trinajstić information content (AvgIpc) is 3.84. The zero-order valence-corrected chi connectivity index (χ0v) is 31.6. The third-order valence-electron chi connectivity index (χ3n) is 18.1. The number of aliphatic hydroxyl groups excluding tert-OH is 2. The second kappa shape index (κ2) is 12.5. The summed E-state index contributed by atoms with van der Waals surface area (Å²) in [6.45, 7) is 3.60. The van der Waals surface area contributed by atoms with E-state index in [1.54, 1.807) is 0 Å². The normalized spacial score (nSPS) is 52.5. The summed E-state index contributed by atoms with van der Waals surface area (Å²) in [5.41, 5.74) is -7.00. The number of ether oxygens (including phenoxy) is 1. The molecule has 292 valence electrons. The number of carbonyl (C=O) groups excluding carboxylic acids is 2. The molecule has 8 aliphatic carbocycles. The molecule has 10 nitrogen and oxygen atoms in total. The Morgan fingerprint density at radius 1 is 1.02 bits per heavy atom. The molecule has 0 aromatic rings. The van der Waals surface area contributed by atoms with Crippen molar-refractivity contribution in [3.05, 3.63) is 35.5 Å². The Hall–Kier alpha value is -1.92. The van der Waals surface area contributed by atoms with Crippen LogP contribution in [0.15, 0.2) is 35.5 Å². The highest BCUT2D eigenvalue weighted by molar-refractivity contribution is 5.87. The molecular formula is C43H62N2O8. The van der Waals surface area contributed by atoms with Crippen molar-refractivity contribution in [1.82, 2.24) is 10.6 Å². The molecule has 0 bridgehead atoms.